The van der Waals surface area contributed by atoms with E-state index < -0.39 is 10.0 Å². The van der Waals surface area contributed by atoms with Gasteiger partial charge >= 0.3 is 0 Å². The van der Waals surface area contributed by atoms with Crippen molar-refractivity contribution in [2.75, 3.05) is 22.4 Å². The Kier molecular flexibility index (Phi) is 6.65. The number of rotatable bonds is 7. The molecule has 0 saturated carbocycles. The second-order valence-electron chi connectivity index (χ2n) is 7.17. The molecule has 0 aromatic heterocycles. The molecule has 1 amide bonds. The van der Waals surface area contributed by atoms with Crippen LogP contribution in [0.25, 0.3) is 0 Å². The van der Waals surface area contributed by atoms with Crippen molar-refractivity contribution in [3.8, 4) is 0 Å². The highest BCUT2D eigenvalue weighted by atomic mass is 32.2. The van der Waals surface area contributed by atoms with Crippen molar-refractivity contribution >= 4 is 27.3 Å². The highest BCUT2D eigenvalue weighted by molar-refractivity contribution is 7.92. The molecule has 0 aliphatic rings. The van der Waals surface area contributed by atoms with Gasteiger partial charge in [0, 0.05) is 18.7 Å². The molecule has 6 heteroatoms. The summed E-state index contributed by atoms with van der Waals surface area (Å²) in [6, 6.07) is 13.3. The topological polar surface area (TPSA) is 66.5 Å². The van der Waals surface area contributed by atoms with Crippen LogP contribution in [0.4, 0.5) is 11.4 Å². The molecule has 1 N–H and O–H groups in total. The van der Waals surface area contributed by atoms with Crippen LogP contribution in [-0.4, -0.2) is 27.1 Å². The third-order valence-corrected chi connectivity index (χ3v) is 5.55. The van der Waals surface area contributed by atoms with Crippen LogP contribution in [0.2, 0.25) is 0 Å². The number of benzene rings is 2. The van der Waals surface area contributed by atoms with E-state index in [2.05, 4.69) is 5.32 Å². The number of nitrogens with zero attached hydrogens (tertiary/aromatic N) is 1. The summed E-state index contributed by atoms with van der Waals surface area (Å²) in [5.74, 6) is -0.0424. The maximum atomic E-state index is 12.5. The first-order valence-electron chi connectivity index (χ1n) is 9.03. The summed E-state index contributed by atoms with van der Waals surface area (Å²) >= 11 is 0. The van der Waals surface area contributed by atoms with Crippen molar-refractivity contribution in [1.29, 1.82) is 0 Å². The highest BCUT2D eigenvalue weighted by Crippen LogP contribution is 2.32. The third-order valence-electron chi connectivity index (χ3n) is 4.38. The number of carbonyl (C=O) groups excluding carboxylic acids is 1. The molecule has 0 aliphatic heterocycles. The predicted octanol–water partition coefficient (Wildman–Crippen LogP) is 4.22. The van der Waals surface area contributed by atoms with Gasteiger partial charge in [-0.2, -0.15) is 0 Å². The number of sulfonamides is 1. The molecule has 2 aromatic rings. The summed E-state index contributed by atoms with van der Waals surface area (Å²) in [4.78, 5) is 12.4. The minimum Gasteiger partial charge on any atom is -0.326 e. The van der Waals surface area contributed by atoms with Crippen molar-refractivity contribution in [2.45, 2.75) is 40.0 Å². The molecule has 2 aromatic carbocycles. The van der Waals surface area contributed by atoms with Crippen LogP contribution in [0.1, 0.15) is 42.9 Å². The van der Waals surface area contributed by atoms with Crippen LogP contribution in [0.15, 0.2) is 42.5 Å². The summed E-state index contributed by atoms with van der Waals surface area (Å²) in [6.07, 6.45) is 1.26. The van der Waals surface area contributed by atoms with Gasteiger partial charge in [-0.15, -0.1) is 0 Å². The van der Waals surface area contributed by atoms with E-state index in [9.17, 15) is 13.2 Å². The number of nitrogens with one attached hydrogen (secondary N) is 1. The van der Waals surface area contributed by atoms with Gasteiger partial charge in [0.15, 0.2) is 0 Å². The Morgan fingerprint density at radius 3 is 2.37 bits per heavy atom. The Morgan fingerprint density at radius 2 is 1.78 bits per heavy atom. The molecular weight excluding hydrogens is 360 g/mol. The summed E-state index contributed by atoms with van der Waals surface area (Å²) < 4.78 is 26.3. The summed E-state index contributed by atoms with van der Waals surface area (Å²) in [5, 5.41) is 2.83. The van der Waals surface area contributed by atoms with Crippen molar-refractivity contribution < 1.29 is 13.2 Å². The minimum atomic E-state index is -3.52. The molecule has 0 aliphatic carbocycles. The van der Waals surface area contributed by atoms with E-state index in [4.69, 9.17) is 0 Å². The van der Waals surface area contributed by atoms with Gasteiger partial charge in [0.25, 0.3) is 0 Å². The van der Waals surface area contributed by atoms with Gasteiger partial charge in [0.2, 0.25) is 15.9 Å². The zero-order valence-corrected chi connectivity index (χ0v) is 17.4. The van der Waals surface area contributed by atoms with Crippen LogP contribution in [0, 0.1) is 13.8 Å². The van der Waals surface area contributed by atoms with Crippen LogP contribution >= 0.6 is 0 Å². The summed E-state index contributed by atoms with van der Waals surface area (Å²) in [6.45, 7) is 8.01. The number of carbonyl (C=O) groups is 1. The van der Waals surface area contributed by atoms with E-state index in [1.54, 1.807) is 0 Å². The summed E-state index contributed by atoms with van der Waals surface area (Å²) in [7, 11) is -3.52. The molecule has 0 heterocycles. The third kappa shape index (κ3) is 5.57. The van der Waals surface area contributed by atoms with Gasteiger partial charge in [-0.1, -0.05) is 44.2 Å². The average Bonchev–Trinajstić information content (AvgIpc) is 2.54. The van der Waals surface area contributed by atoms with Crippen LogP contribution in [-0.2, 0) is 14.8 Å². The molecule has 0 saturated heterocycles. The van der Waals surface area contributed by atoms with E-state index in [1.165, 1.54) is 10.6 Å². The molecule has 0 bridgehead atoms. The lowest BCUT2D eigenvalue weighted by molar-refractivity contribution is -0.116. The van der Waals surface area contributed by atoms with Gasteiger partial charge in [0.05, 0.1) is 11.9 Å². The van der Waals surface area contributed by atoms with Gasteiger partial charge < -0.3 is 5.32 Å². The molecule has 0 unspecified atom stereocenters. The van der Waals surface area contributed by atoms with Crippen LogP contribution in [0.3, 0.4) is 0 Å². The second kappa shape index (κ2) is 8.57. The SMILES string of the molecule is Cc1cccc(NC(=O)CCN(c2c(C)cccc2C(C)C)S(C)(=O)=O)c1. The number of amides is 1. The molecule has 0 radical (unpaired) electrons. The Labute approximate surface area is 162 Å². The molecule has 2 rings (SSSR count). The van der Waals surface area contributed by atoms with Gasteiger partial charge in [-0.25, -0.2) is 8.42 Å². The fraction of sp³-hybridized carbons (Fsp3) is 0.381. The van der Waals surface area contributed by atoms with Crippen molar-refractivity contribution in [3.05, 3.63) is 59.2 Å². The zero-order valence-electron chi connectivity index (χ0n) is 16.6. The molecular formula is C21H28N2O3S. The largest absolute Gasteiger partial charge is 0.326 e. The Balaban J connectivity index is 2.23. The predicted molar refractivity (Wildman–Crippen MR) is 112 cm³/mol. The van der Waals surface area contributed by atoms with E-state index in [0.717, 1.165) is 16.7 Å². The minimum absolute atomic E-state index is 0.0763. The van der Waals surface area contributed by atoms with Crippen molar-refractivity contribution in [1.82, 2.24) is 0 Å². The Morgan fingerprint density at radius 1 is 1.11 bits per heavy atom. The number of hydrogen-bond donors (Lipinski definition) is 1. The van der Waals surface area contributed by atoms with Gasteiger partial charge in [0.1, 0.15) is 0 Å². The maximum Gasteiger partial charge on any atom is 0.232 e. The molecule has 146 valence electrons. The van der Waals surface area contributed by atoms with Gasteiger partial charge in [-0.05, 0) is 48.6 Å². The fourth-order valence-electron chi connectivity index (χ4n) is 3.08. The lowest BCUT2D eigenvalue weighted by Gasteiger charge is -2.28. The average molecular weight is 389 g/mol. The molecule has 0 fully saturated rings. The highest BCUT2D eigenvalue weighted by Gasteiger charge is 2.24. The van der Waals surface area contributed by atoms with Crippen molar-refractivity contribution in [3.63, 3.8) is 0 Å². The first-order valence-corrected chi connectivity index (χ1v) is 10.9. The van der Waals surface area contributed by atoms with Gasteiger partial charge in [-0.3, -0.25) is 9.10 Å². The van der Waals surface area contributed by atoms with E-state index in [1.807, 2.05) is 70.2 Å². The Hall–Kier alpha value is -2.34. The zero-order chi connectivity index (χ0) is 20.2. The molecule has 0 spiro atoms. The number of aryl methyl sites for hydroxylation is 2. The molecule has 0 atom stereocenters. The van der Waals surface area contributed by atoms with E-state index >= 15 is 0 Å². The fourth-order valence-corrected chi connectivity index (χ4v) is 4.09. The molecule has 5 nitrogen and oxygen atoms in total. The lowest BCUT2D eigenvalue weighted by atomic mass is 9.98. The number of para-hydroxylation sites is 1. The standard InChI is InChI=1S/C21H28N2O3S/c1-15(2)19-11-7-9-17(4)21(19)23(27(5,25)26)13-12-20(24)22-18-10-6-8-16(3)14-18/h6-11,14-15H,12-13H2,1-5H3,(H,22,24). The summed E-state index contributed by atoms with van der Waals surface area (Å²) in [5.41, 5.74) is 4.28. The smallest absolute Gasteiger partial charge is 0.232 e. The second-order valence-corrected chi connectivity index (χ2v) is 9.08. The quantitative estimate of drug-likeness (QED) is 0.772. The molecule has 27 heavy (non-hydrogen) atoms. The Bertz CT molecular complexity index is 921. The monoisotopic (exact) mass is 388 g/mol. The number of hydrogen-bond acceptors (Lipinski definition) is 3. The lowest BCUT2D eigenvalue weighted by Crippen LogP contribution is -2.34. The van der Waals surface area contributed by atoms with Crippen LogP contribution < -0.4 is 9.62 Å². The van der Waals surface area contributed by atoms with E-state index in [-0.39, 0.29) is 24.8 Å². The van der Waals surface area contributed by atoms with Crippen molar-refractivity contribution in [2.24, 2.45) is 0 Å². The normalized spacial score (nSPS) is 11.5. The maximum absolute atomic E-state index is 12.5. The number of anilines is 2. The first kappa shape index (κ1) is 21.0. The van der Waals surface area contributed by atoms with E-state index in [0.29, 0.717) is 11.4 Å². The van der Waals surface area contributed by atoms with Crippen LogP contribution in [0.5, 0.6) is 0 Å². The first-order chi connectivity index (χ1) is 12.6.